The van der Waals surface area contributed by atoms with E-state index in [4.69, 9.17) is 32.7 Å². The summed E-state index contributed by atoms with van der Waals surface area (Å²) in [6.45, 7) is 2.09. The first kappa shape index (κ1) is 29.9. The lowest BCUT2D eigenvalue weighted by Crippen LogP contribution is -2.39. The highest BCUT2D eigenvalue weighted by Crippen LogP contribution is 2.29. The molecular weight excluding hydrogens is 585 g/mol. The average Bonchev–Trinajstić information content (AvgIpc) is 2.97. The summed E-state index contributed by atoms with van der Waals surface area (Å²) in [4.78, 5) is 12.9. The maximum absolute atomic E-state index is 13.4. The number of ether oxygens (including phenoxy) is 2. The molecule has 4 aromatic carbocycles. The Kier molecular flexibility index (Phi) is 10.2. The first-order valence-electron chi connectivity index (χ1n) is 12.6. The standard InChI is InChI=1S/C30H27Cl2N3O5S/c1-2-39-29-17-23(13-16-28(29)40-21-22-11-14-24(31)15-12-22)19-33-34-30(36)20-35(26-8-6-7-25(32)18-26)41(37,38)27-9-4-3-5-10-27/h3-19H,2,20-21H2,1H3,(H,34,36)/b33-19-. The van der Waals surface area contributed by atoms with E-state index in [-0.39, 0.29) is 10.6 Å². The summed E-state index contributed by atoms with van der Waals surface area (Å²) in [6, 6.07) is 26.7. The largest absolute Gasteiger partial charge is 0.490 e. The number of benzene rings is 4. The van der Waals surface area contributed by atoms with Crippen molar-refractivity contribution >= 4 is 51.0 Å². The summed E-state index contributed by atoms with van der Waals surface area (Å²) in [5.41, 5.74) is 4.23. The number of anilines is 1. The van der Waals surface area contributed by atoms with E-state index >= 15 is 0 Å². The van der Waals surface area contributed by atoms with Gasteiger partial charge in [-0.1, -0.05) is 59.6 Å². The second kappa shape index (κ2) is 14.0. The molecule has 0 atom stereocenters. The molecule has 0 aliphatic rings. The van der Waals surface area contributed by atoms with Crippen LogP contribution in [0, 0.1) is 0 Å². The highest BCUT2D eigenvalue weighted by Gasteiger charge is 2.27. The average molecular weight is 613 g/mol. The van der Waals surface area contributed by atoms with Crippen LogP contribution in [0.1, 0.15) is 18.1 Å². The predicted molar refractivity (Wildman–Crippen MR) is 162 cm³/mol. The molecule has 0 spiro atoms. The van der Waals surface area contributed by atoms with Crippen LogP contribution in [0.5, 0.6) is 11.5 Å². The van der Waals surface area contributed by atoms with Crippen molar-refractivity contribution < 1.29 is 22.7 Å². The van der Waals surface area contributed by atoms with Crippen molar-refractivity contribution in [1.29, 1.82) is 0 Å². The molecule has 8 nitrogen and oxygen atoms in total. The number of amides is 1. The number of sulfonamides is 1. The molecular formula is C30H27Cl2N3O5S. The minimum Gasteiger partial charge on any atom is -0.490 e. The van der Waals surface area contributed by atoms with Gasteiger partial charge in [-0.3, -0.25) is 9.10 Å². The molecule has 0 heterocycles. The molecule has 0 fully saturated rings. The summed E-state index contributed by atoms with van der Waals surface area (Å²) in [5.74, 6) is 0.415. The van der Waals surface area contributed by atoms with Crippen molar-refractivity contribution in [2.24, 2.45) is 5.10 Å². The Morgan fingerprint density at radius 3 is 2.34 bits per heavy atom. The van der Waals surface area contributed by atoms with Gasteiger partial charge in [0.25, 0.3) is 15.9 Å². The molecule has 0 unspecified atom stereocenters. The minimum absolute atomic E-state index is 0.0399. The fourth-order valence-corrected chi connectivity index (χ4v) is 5.49. The van der Waals surface area contributed by atoms with Gasteiger partial charge in [0.15, 0.2) is 11.5 Å². The van der Waals surface area contributed by atoms with E-state index in [9.17, 15) is 13.2 Å². The zero-order valence-corrected chi connectivity index (χ0v) is 24.4. The molecule has 0 bridgehead atoms. The van der Waals surface area contributed by atoms with Gasteiger partial charge >= 0.3 is 0 Å². The van der Waals surface area contributed by atoms with E-state index in [1.54, 1.807) is 66.7 Å². The molecule has 0 saturated heterocycles. The van der Waals surface area contributed by atoms with Crippen LogP contribution in [0.4, 0.5) is 5.69 Å². The van der Waals surface area contributed by atoms with Crippen molar-refractivity contribution in [3.8, 4) is 11.5 Å². The third kappa shape index (κ3) is 8.23. The number of hydrogen-bond donors (Lipinski definition) is 1. The van der Waals surface area contributed by atoms with E-state index in [0.29, 0.717) is 40.3 Å². The zero-order chi connectivity index (χ0) is 29.2. The van der Waals surface area contributed by atoms with Gasteiger partial charge in [-0.05, 0) is 78.7 Å². The Labute approximate surface area is 249 Å². The SMILES string of the molecule is CCOc1cc(/C=N\NC(=O)CN(c2cccc(Cl)c2)S(=O)(=O)c2ccccc2)ccc1OCc1ccc(Cl)cc1. The monoisotopic (exact) mass is 611 g/mol. The van der Waals surface area contributed by atoms with Gasteiger partial charge in [0.2, 0.25) is 0 Å². The molecule has 0 saturated carbocycles. The third-order valence-electron chi connectivity index (χ3n) is 5.69. The third-order valence-corrected chi connectivity index (χ3v) is 7.97. The Morgan fingerprint density at radius 2 is 1.63 bits per heavy atom. The molecule has 4 rings (SSSR count). The predicted octanol–water partition coefficient (Wildman–Crippen LogP) is 6.32. The van der Waals surface area contributed by atoms with Crippen LogP contribution in [0.25, 0.3) is 0 Å². The number of nitrogens with zero attached hydrogens (tertiary/aromatic N) is 2. The fraction of sp³-hybridized carbons (Fsp3) is 0.133. The normalized spacial score (nSPS) is 11.3. The molecule has 0 radical (unpaired) electrons. The highest BCUT2D eigenvalue weighted by molar-refractivity contribution is 7.92. The van der Waals surface area contributed by atoms with Gasteiger partial charge in [0.1, 0.15) is 13.2 Å². The summed E-state index contributed by atoms with van der Waals surface area (Å²) >= 11 is 12.1. The topological polar surface area (TPSA) is 97.3 Å². The van der Waals surface area contributed by atoms with Crippen LogP contribution in [0.2, 0.25) is 10.0 Å². The lowest BCUT2D eigenvalue weighted by Gasteiger charge is -2.23. The maximum atomic E-state index is 13.4. The maximum Gasteiger partial charge on any atom is 0.264 e. The van der Waals surface area contributed by atoms with Gasteiger partial charge in [0.05, 0.1) is 23.4 Å². The minimum atomic E-state index is -4.06. The summed E-state index contributed by atoms with van der Waals surface area (Å²) in [7, 11) is -4.06. The van der Waals surface area contributed by atoms with E-state index in [1.165, 1.54) is 24.4 Å². The van der Waals surface area contributed by atoms with Crippen LogP contribution in [0.15, 0.2) is 107 Å². The molecule has 0 aromatic heterocycles. The molecule has 41 heavy (non-hydrogen) atoms. The molecule has 212 valence electrons. The highest BCUT2D eigenvalue weighted by atomic mass is 35.5. The summed E-state index contributed by atoms with van der Waals surface area (Å²) in [5, 5.41) is 4.99. The molecule has 1 N–H and O–H groups in total. The van der Waals surface area contributed by atoms with Crippen molar-refractivity contribution in [1.82, 2.24) is 5.43 Å². The van der Waals surface area contributed by atoms with Crippen molar-refractivity contribution in [3.05, 3.63) is 118 Å². The number of hydrogen-bond acceptors (Lipinski definition) is 6. The zero-order valence-electron chi connectivity index (χ0n) is 22.0. The van der Waals surface area contributed by atoms with Crippen molar-refractivity contribution in [3.63, 3.8) is 0 Å². The van der Waals surface area contributed by atoms with Crippen LogP contribution < -0.4 is 19.2 Å². The Morgan fingerprint density at radius 1 is 0.878 bits per heavy atom. The van der Waals surface area contributed by atoms with Crippen LogP contribution in [-0.4, -0.2) is 33.7 Å². The molecule has 4 aromatic rings. The lowest BCUT2D eigenvalue weighted by atomic mass is 10.2. The molecule has 11 heteroatoms. The Balaban J connectivity index is 1.46. The van der Waals surface area contributed by atoms with Gasteiger partial charge in [-0.15, -0.1) is 0 Å². The second-order valence-corrected chi connectivity index (χ2v) is 11.4. The molecule has 0 aliphatic heterocycles. The van der Waals surface area contributed by atoms with Gasteiger partial charge in [-0.25, -0.2) is 13.8 Å². The van der Waals surface area contributed by atoms with Crippen LogP contribution in [-0.2, 0) is 21.4 Å². The second-order valence-electron chi connectivity index (χ2n) is 8.65. The van der Waals surface area contributed by atoms with Gasteiger partial charge < -0.3 is 9.47 Å². The number of carbonyl (C=O) groups is 1. The number of hydrazone groups is 1. The lowest BCUT2D eigenvalue weighted by molar-refractivity contribution is -0.119. The first-order chi connectivity index (χ1) is 19.8. The van der Waals surface area contributed by atoms with Crippen molar-refractivity contribution in [2.45, 2.75) is 18.4 Å². The number of carbonyl (C=O) groups excluding carboxylic acids is 1. The van der Waals surface area contributed by atoms with Crippen LogP contribution in [0.3, 0.4) is 0 Å². The van der Waals surface area contributed by atoms with E-state index in [1.807, 2.05) is 19.1 Å². The number of nitrogens with one attached hydrogen (secondary N) is 1. The summed E-state index contributed by atoms with van der Waals surface area (Å²) in [6.07, 6.45) is 1.43. The van der Waals surface area contributed by atoms with E-state index in [0.717, 1.165) is 9.87 Å². The van der Waals surface area contributed by atoms with Crippen molar-refractivity contribution in [2.75, 3.05) is 17.5 Å². The fourth-order valence-electron chi connectivity index (χ4n) is 3.74. The number of halogens is 2. The molecule has 1 amide bonds. The quantitative estimate of drug-likeness (QED) is 0.149. The van der Waals surface area contributed by atoms with Gasteiger partial charge in [-0.2, -0.15) is 5.10 Å². The van der Waals surface area contributed by atoms with Crippen LogP contribution >= 0.6 is 23.2 Å². The smallest absolute Gasteiger partial charge is 0.264 e. The number of rotatable bonds is 12. The van der Waals surface area contributed by atoms with E-state index in [2.05, 4.69) is 10.5 Å². The summed E-state index contributed by atoms with van der Waals surface area (Å²) < 4.78 is 39.4. The Hall–Kier alpha value is -4.05. The van der Waals surface area contributed by atoms with E-state index < -0.39 is 22.5 Å². The van der Waals surface area contributed by atoms with Gasteiger partial charge in [0, 0.05) is 10.0 Å². The molecule has 0 aliphatic carbocycles. The Bertz CT molecular complexity index is 1620. The first-order valence-corrected chi connectivity index (χ1v) is 14.7.